The van der Waals surface area contributed by atoms with Gasteiger partial charge in [0.15, 0.2) is 0 Å². The lowest BCUT2D eigenvalue weighted by molar-refractivity contribution is 0.0856. The van der Waals surface area contributed by atoms with Gasteiger partial charge in [-0.25, -0.2) is 0 Å². The molecule has 13 heavy (non-hydrogen) atoms. The van der Waals surface area contributed by atoms with Crippen molar-refractivity contribution in [2.75, 3.05) is 26.8 Å². The normalized spacial score (nSPS) is 19.8. The molecule has 0 unspecified atom stereocenters. The summed E-state index contributed by atoms with van der Waals surface area (Å²) in [6.07, 6.45) is 6.83. The Hall–Kier alpha value is -0.0800. The second-order valence-electron chi connectivity index (χ2n) is 4.18. The third kappa shape index (κ3) is 3.28. The zero-order chi connectivity index (χ0) is 9.57. The van der Waals surface area contributed by atoms with Crippen molar-refractivity contribution < 1.29 is 4.74 Å². The molecule has 0 atom stereocenters. The molecule has 1 fully saturated rings. The Bertz CT molecular complexity index is 132. The van der Waals surface area contributed by atoms with Crippen molar-refractivity contribution in [1.29, 1.82) is 0 Å². The lowest BCUT2D eigenvalue weighted by atomic mass is 9.66. The van der Waals surface area contributed by atoms with Crippen LogP contribution in [-0.2, 0) is 4.74 Å². The number of hydrogen-bond acceptors (Lipinski definition) is 2. The van der Waals surface area contributed by atoms with Gasteiger partial charge in [-0.1, -0.05) is 6.42 Å². The maximum Gasteiger partial charge on any atom is 0.0466 e. The van der Waals surface area contributed by atoms with Crippen LogP contribution in [0.3, 0.4) is 0 Å². The zero-order valence-electron chi connectivity index (χ0n) is 9.07. The molecular formula is C11H23NO. The molecule has 0 aliphatic heterocycles. The molecule has 0 aromatic carbocycles. The van der Waals surface area contributed by atoms with Crippen LogP contribution in [0.5, 0.6) is 0 Å². The SMILES string of the molecule is CCOCCCC1(CNC)CCC1. The van der Waals surface area contributed by atoms with Gasteiger partial charge in [-0.3, -0.25) is 0 Å². The first kappa shape index (κ1) is 11.0. The molecule has 0 heterocycles. The van der Waals surface area contributed by atoms with Crippen LogP contribution in [0.2, 0.25) is 0 Å². The van der Waals surface area contributed by atoms with Gasteiger partial charge in [0.2, 0.25) is 0 Å². The highest BCUT2D eigenvalue weighted by Crippen LogP contribution is 2.44. The van der Waals surface area contributed by atoms with Crippen molar-refractivity contribution in [3.63, 3.8) is 0 Å². The predicted octanol–water partition coefficient (Wildman–Crippen LogP) is 2.19. The van der Waals surface area contributed by atoms with Gasteiger partial charge in [0, 0.05) is 19.8 Å². The van der Waals surface area contributed by atoms with Gasteiger partial charge >= 0.3 is 0 Å². The fraction of sp³-hybridized carbons (Fsp3) is 1.00. The largest absolute Gasteiger partial charge is 0.382 e. The van der Waals surface area contributed by atoms with E-state index in [1.165, 1.54) is 38.6 Å². The molecule has 0 aromatic heterocycles. The van der Waals surface area contributed by atoms with E-state index in [9.17, 15) is 0 Å². The van der Waals surface area contributed by atoms with Crippen molar-refractivity contribution in [3.8, 4) is 0 Å². The summed E-state index contributed by atoms with van der Waals surface area (Å²) in [6, 6.07) is 0. The van der Waals surface area contributed by atoms with E-state index in [0.29, 0.717) is 5.41 Å². The Labute approximate surface area is 82.0 Å². The minimum Gasteiger partial charge on any atom is -0.382 e. The molecule has 1 aliphatic carbocycles. The molecule has 0 radical (unpaired) electrons. The molecule has 0 bridgehead atoms. The Morgan fingerprint density at radius 3 is 2.62 bits per heavy atom. The lowest BCUT2D eigenvalue weighted by Gasteiger charge is -2.42. The molecule has 0 aromatic rings. The van der Waals surface area contributed by atoms with E-state index in [-0.39, 0.29) is 0 Å². The van der Waals surface area contributed by atoms with E-state index in [4.69, 9.17) is 4.74 Å². The topological polar surface area (TPSA) is 21.3 Å². The third-order valence-corrected chi connectivity index (χ3v) is 3.17. The quantitative estimate of drug-likeness (QED) is 0.614. The first-order valence-electron chi connectivity index (χ1n) is 5.55. The average molecular weight is 185 g/mol. The fourth-order valence-corrected chi connectivity index (χ4v) is 2.26. The minimum absolute atomic E-state index is 0.631. The molecule has 0 spiro atoms. The van der Waals surface area contributed by atoms with Gasteiger partial charge in [-0.05, 0) is 45.1 Å². The van der Waals surface area contributed by atoms with Crippen LogP contribution in [0.4, 0.5) is 0 Å². The summed E-state index contributed by atoms with van der Waals surface area (Å²) < 4.78 is 5.36. The molecule has 2 nitrogen and oxygen atoms in total. The van der Waals surface area contributed by atoms with Gasteiger partial charge in [0.25, 0.3) is 0 Å². The number of nitrogens with one attached hydrogen (secondary N) is 1. The summed E-state index contributed by atoms with van der Waals surface area (Å²) in [5.74, 6) is 0. The van der Waals surface area contributed by atoms with E-state index < -0.39 is 0 Å². The Balaban J connectivity index is 2.09. The van der Waals surface area contributed by atoms with E-state index in [2.05, 4.69) is 19.3 Å². The Morgan fingerprint density at radius 2 is 2.15 bits per heavy atom. The van der Waals surface area contributed by atoms with Crippen molar-refractivity contribution in [2.24, 2.45) is 5.41 Å². The summed E-state index contributed by atoms with van der Waals surface area (Å²) in [5.41, 5.74) is 0.631. The first-order valence-corrected chi connectivity index (χ1v) is 5.55. The van der Waals surface area contributed by atoms with Crippen molar-refractivity contribution in [1.82, 2.24) is 5.32 Å². The maximum absolute atomic E-state index is 5.36. The summed E-state index contributed by atoms with van der Waals surface area (Å²) >= 11 is 0. The van der Waals surface area contributed by atoms with Crippen LogP contribution in [0.1, 0.15) is 39.0 Å². The summed E-state index contributed by atoms with van der Waals surface area (Å²) in [5, 5.41) is 3.31. The van der Waals surface area contributed by atoms with Crippen molar-refractivity contribution in [2.45, 2.75) is 39.0 Å². The van der Waals surface area contributed by atoms with Crippen molar-refractivity contribution >= 4 is 0 Å². The van der Waals surface area contributed by atoms with Crippen LogP contribution in [-0.4, -0.2) is 26.8 Å². The van der Waals surface area contributed by atoms with Crippen LogP contribution < -0.4 is 5.32 Å². The summed E-state index contributed by atoms with van der Waals surface area (Å²) in [6.45, 7) is 5.06. The zero-order valence-corrected chi connectivity index (χ0v) is 9.07. The number of ether oxygens (including phenoxy) is 1. The van der Waals surface area contributed by atoms with Crippen LogP contribution in [0, 0.1) is 5.41 Å². The molecule has 1 N–H and O–H groups in total. The Morgan fingerprint density at radius 1 is 1.38 bits per heavy atom. The van der Waals surface area contributed by atoms with Gasteiger partial charge in [0.05, 0.1) is 0 Å². The summed E-state index contributed by atoms with van der Waals surface area (Å²) in [4.78, 5) is 0. The van der Waals surface area contributed by atoms with E-state index in [1.54, 1.807) is 0 Å². The first-order chi connectivity index (χ1) is 6.33. The third-order valence-electron chi connectivity index (χ3n) is 3.17. The van der Waals surface area contributed by atoms with Gasteiger partial charge in [-0.15, -0.1) is 0 Å². The van der Waals surface area contributed by atoms with Crippen LogP contribution in [0.15, 0.2) is 0 Å². The second kappa shape index (κ2) is 5.61. The van der Waals surface area contributed by atoms with Gasteiger partial charge in [0.1, 0.15) is 0 Å². The monoisotopic (exact) mass is 185 g/mol. The lowest BCUT2D eigenvalue weighted by Crippen LogP contribution is -2.38. The maximum atomic E-state index is 5.36. The second-order valence-corrected chi connectivity index (χ2v) is 4.18. The van der Waals surface area contributed by atoms with Gasteiger partial charge in [-0.2, -0.15) is 0 Å². The fourth-order valence-electron chi connectivity index (χ4n) is 2.26. The van der Waals surface area contributed by atoms with Crippen molar-refractivity contribution in [3.05, 3.63) is 0 Å². The standard InChI is InChI=1S/C11H23NO/c1-3-13-9-5-8-11(10-12-2)6-4-7-11/h12H,3-10H2,1-2H3. The van der Waals surface area contributed by atoms with Crippen LogP contribution >= 0.6 is 0 Å². The van der Waals surface area contributed by atoms with E-state index in [0.717, 1.165) is 13.2 Å². The predicted molar refractivity (Wildman–Crippen MR) is 55.9 cm³/mol. The number of rotatable bonds is 7. The molecule has 0 saturated heterocycles. The molecule has 1 saturated carbocycles. The van der Waals surface area contributed by atoms with E-state index in [1.807, 2.05) is 0 Å². The summed E-state index contributed by atoms with van der Waals surface area (Å²) in [7, 11) is 2.06. The van der Waals surface area contributed by atoms with Crippen LogP contribution in [0.25, 0.3) is 0 Å². The molecular weight excluding hydrogens is 162 g/mol. The molecule has 78 valence electrons. The average Bonchev–Trinajstić information content (AvgIpc) is 2.08. The highest BCUT2D eigenvalue weighted by Gasteiger charge is 2.35. The number of hydrogen-bond donors (Lipinski definition) is 1. The van der Waals surface area contributed by atoms with E-state index >= 15 is 0 Å². The minimum atomic E-state index is 0.631. The molecule has 2 heteroatoms. The highest BCUT2D eigenvalue weighted by atomic mass is 16.5. The highest BCUT2D eigenvalue weighted by molar-refractivity contribution is 4.88. The molecule has 1 aliphatic rings. The Kier molecular flexibility index (Phi) is 4.74. The smallest absolute Gasteiger partial charge is 0.0466 e. The molecule has 0 amide bonds. The van der Waals surface area contributed by atoms with Gasteiger partial charge < -0.3 is 10.1 Å². The molecule has 1 rings (SSSR count).